The molecule has 3 aromatic heterocycles. The fourth-order valence-electron chi connectivity index (χ4n) is 6.42. The van der Waals surface area contributed by atoms with Crippen LogP contribution in [0.25, 0.3) is 33.4 Å². The number of ether oxygens (including phenoxy) is 3. The number of rotatable bonds is 7. The lowest BCUT2D eigenvalue weighted by Gasteiger charge is -2.46. The van der Waals surface area contributed by atoms with Crippen molar-refractivity contribution in [1.29, 1.82) is 0 Å². The Morgan fingerprint density at radius 3 is 2.58 bits per heavy atom. The molecule has 0 saturated carbocycles. The number of hydrogen-bond donors (Lipinski definition) is 1. The minimum absolute atomic E-state index is 0.00378. The summed E-state index contributed by atoms with van der Waals surface area (Å²) >= 11 is 0. The van der Waals surface area contributed by atoms with Crippen molar-refractivity contribution in [3.63, 3.8) is 0 Å². The second-order valence-corrected chi connectivity index (χ2v) is 12.3. The van der Waals surface area contributed by atoms with E-state index in [1.807, 2.05) is 41.5 Å². The van der Waals surface area contributed by atoms with Gasteiger partial charge in [-0.2, -0.15) is 10.2 Å². The Balaban J connectivity index is 1.30. The SMILES string of the molecule is COCOc1cc(-c2cnn(C3CCCCO3)c2)ccc1-c1cc2cnn(C3CC(C)(C)NC(C)(C)C3)c2nn1. The van der Waals surface area contributed by atoms with Gasteiger partial charge in [0.25, 0.3) is 0 Å². The van der Waals surface area contributed by atoms with Gasteiger partial charge in [-0.05, 0) is 83.6 Å². The number of nitrogens with zero attached hydrogens (tertiary/aromatic N) is 6. The van der Waals surface area contributed by atoms with Crippen LogP contribution in [0.4, 0.5) is 0 Å². The molecule has 1 unspecified atom stereocenters. The Labute approximate surface area is 235 Å². The summed E-state index contributed by atoms with van der Waals surface area (Å²) in [6.45, 7) is 9.89. The highest BCUT2D eigenvalue weighted by atomic mass is 16.7. The number of piperidine rings is 1. The smallest absolute Gasteiger partial charge is 0.188 e. The Kier molecular flexibility index (Phi) is 7.10. The molecular formula is C30H39N7O3. The molecule has 0 bridgehead atoms. The van der Waals surface area contributed by atoms with E-state index in [0.29, 0.717) is 5.75 Å². The van der Waals surface area contributed by atoms with Crippen LogP contribution in [0.2, 0.25) is 0 Å². The van der Waals surface area contributed by atoms with E-state index < -0.39 is 0 Å². The molecule has 0 spiro atoms. The van der Waals surface area contributed by atoms with Crippen molar-refractivity contribution in [3.05, 3.63) is 42.9 Å². The first-order chi connectivity index (χ1) is 19.2. The van der Waals surface area contributed by atoms with Gasteiger partial charge < -0.3 is 19.5 Å². The highest BCUT2D eigenvalue weighted by molar-refractivity contribution is 5.81. The summed E-state index contributed by atoms with van der Waals surface area (Å²) in [6.07, 6.45) is 11.0. The Bertz CT molecular complexity index is 1470. The molecule has 2 fully saturated rings. The number of benzene rings is 1. The molecule has 10 nitrogen and oxygen atoms in total. The second-order valence-electron chi connectivity index (χ2n) is 12.3. The number of methoxy groups -OCH3 is 1. The van der Waals surface area contributed by atoms with E-state index in [-0.39, 0.29) is 30.1 Å². The molecule has 1 aromatic carbocycles. The van der Waals surface area contributed by atoms with Crippen molar-refractivity contribution in [2.75, 3.05) is 20.5 Å². The molecule has 1 atom stereocenters. The van der Waals surface area contributed by atoms with E-state index in [9.17, 15) is 0 Å². The fraction of sp³-hybridized carbons (Fsp3) is 0.533. The normalized spacial score (nSPS) is 21.1. The topological polar surface area (TPSA) is 101 Å². The zero-order valence-corrected chi connectivity index (χ0v) is 24.1. The highest BCUT2D eigenvalue weighted by Gasteiger charge is 2.39. The van der Waals surface area contributed by atoms with Crippen LogP contribution in [0.1, 0.15) is 72.1 Å². The molecule has 5 heterocycles. The van der Waals surface area contributed by atoms with Gasteiger partial charge in [-0.25, -0.2) is 9.36 Å². The van der Waals surface area contributed by atoms with Gasteiger partial charge in [-0.15, -0.1) is 10.2 Å². The molecule has 0 radical (unpaired) electrons. The van der Waals surface area contributed by atoms with Gasteiger partial charge in [0.05, 0.1) is 24.1 Å². The maximum absolute atomic E-state index is 6.01. The van der Waals surface area contributed by atoms with E-state index >= 15 is 0 Å². The summed E-state index contributed by atoms with van der Waals surface area (Å²) in [5, 5.41) is 23.3. The lowest BCUT2D eigenvalue weighted by Crippen LogP contribution is -2.58. The predicted molar refractivity (Wildman–Crippen MR) is 153 cm³/mol. The molecule has 2 saturated heterocycles. The van der Waals surface area contributed by atoms with Gasteiger partial charge in [0, 0.05) is 47.5 Å². The van der Waals surface area contributed by atoms with Gasteiger partial charge >= 0.3 is 0 Å². The van der Waals surface area contributed by atoms with Gasteiger partial charge in [0.1, 0.15) is 12.0 Å². The molecule has 40 heavy (non-hydrogen) atoms. The first kappa shape index (κ1) is 26.9. The van der Waals surface area contributed by atoms with Gasteiger partial charge in [0.2, 0.25) is 0 Å². The molecule has 212 valence electrons. The zero-order valence-electron chi connectivity index (χ0n) is 24.1. The number of nitrogens with one attached hydrogen (secondary N) is 1. The largest absolute Gasteiger partial charge is 0.467 e. The number of fused-ring (bicyclic) bond motifs is 1. The minimum Gasteiger partial charge on any atom is -0.467 e. The maximum atomic E-state index is 6.01. The Morgan fingerprint density at radius 1 is 1.00 bits per heavy atom. The van der Waals surface area contributed by atoms with Crippen molar-refractivity contribution in [2.45, 2.75) is 83.1 Å². The van der Waals surface area contributed by atoms with Crippen LogP contribution in [0.5, 0.6) is 5.75 Å². The van der Waals surface area contributed by atoms with Gasteiger partial charge in [0.15, 0.2) is 12.4 Å². The van der Waals surface area contributed by atoms with Crippen molar-refractivity contribution < 1.29 is 14.2 Å². The van der Waals surface area contributed by atoms with E-state index in [1.165, 1.54) is 0 Å². The average molecular weight is 546 g/mol. The summed E-state index contributed by atoms with van der Waals surface area (Å²) in [5.41, 5.74) is 4.38. The molecule has 2 aliphatic heterocycles. The number of aromatic nitrogens is 6. The molecule has 6 rings (SSSR count). The minimum atomic E-state index is -0.00378. The monoisotopic (exact) mass is 545 g/mol. The first-order valence-electron chi connectivity index (χ1n) is 14.1. The maximum Gasteiger partial charge on any atom is 0.188 e. The van der Waals surface area contributed by atoms with Crippen LogP contribution in [0.3, 0.4) is 0 Å². The van der Waals surface area contributed by atoms with E-state index in [0.717, 1.165) is 72.1 Å². The molecule has 0 aliphatic carbocycles. The van der Waals surface area contributed by atoms with Crippen LogP contribution >= 0.6 is 0 Å². The standard InChI is InChI=1S/C30H39N7O3/c1-29(2)14-23(15-30(3,4)35-29)37-28-21(16-32-37)12-25(33-34-28)24-10-9-20(13-26(24)40-19-38-5)22-17-31-36(18-22)27-8-6-7-11-39-27/h9-10,12-13,16-18,23,27,35H,6-8,11,14-15,19H2,1-5H3. The third-order valence-corrected chi connectivity index (χ3v) is 7.83. The van der Waals surface area contributed by atoms with E-state index in [4.69, 9.17) is 19.3 Å². The van der Waals surface area contributed by atoms with Crippen LogP contribution in [-0.4, -0.2) is 61.3 Å². The average Bonchev–Trinajstić information content (AvgIpc) is 3.58. The summed E-state index contributed by atoms with van der Waals surface area (Å²) in [4.78, 5) is 0. The molecule has 2 aliphatic rings. The third-order valence-electron chi connectivity index (χ3n) is 7.83. The quantitative estimate of drug-likeness (QED) is 0.303. The van der Waals surface area contributed by atoms with Crippen molar-refractivity contribution in [2.24, 2.45) is 0 Å². The molecule has 1 N–H and O–H groups in total. The third kappa shape index (κ3) is 5.48. The van der Waals surface area contributed by atoms with Crippen LogP contribution < -0.4 is 10.1 Å². The zero-order chi connectivity index (χ0) is 27.9. The first-order valence-corrected chi connectivity index (χ1v) is 14.1. The summed E-state index contributed by atoms with van der Waals surface area (Å²) in [6, 6.07) is 8.37. The lowest BCUT2D eigenvalue weighted by atomic mass is 9.79. The Morgan fingerprint density at radius 2 is 1.82 bits per heavy atom. The molecule has 10 heteroatoms. The van der Waals surface area contributed by atoms with E-state index in [2.05, 4.69) is 59.1 Å². The lowest BCUT2D eigenvalue weighted by molar-refractivity contribution is -0.0394. The predicted octanol–water partition coefficient (Wildman–Crippen LogP) is 5.52. The van der Waals surface area contributed by atoms with Gasteiger partial charge in [-0.1, -0.05) is 6.07 Å². The molecule has 0 amide bonds. The van der Waals surface area contributed by atoms with Crippen LogP contribution in [-0.2, 0) is 9.47 Å². The summed E-state index contributed by atoms with van der Waals surface area (Å²) < 4.78 is 21.1. The van der Waals surface area contributed by atoms with Crippen LogP contribution in [0, 0.1) is 0 Å². The highest BCUT2D eigenvalue weighted by Crippen LogP contribution is 2.38. The van der Waals surface area contributed by atoms with Crippen molar-refractivity contribution >= 4 is 11.0 Å². The second kappa shape index (κ2) is 10.6. The number of hydrogen-bond acceptors (Lipinski definition) is 8. The molecular weight excluding hydrogens is 506 g/mol. The molecule has 4 aromatic rings. The Hall–Kier alpha value is -3.34. The van der Waals surface area contributed by atoms with Crippen molar-refractivity contribution in [3.8, 4) is 28.1 Å². The van der Waals surface area contributed by atoms with Gasteiger partial charge in [-0.3, -0.25) is 0 Å². The fourth-order valence-corrected chi connectivity index (χ4v) is 6.42. The summed E-state index contributed by atoms with van der Waals surface area (Å²) in [7, 11) is 1.61. The summed E-state index contributed by atoms with van der Waals surface area (Å²) in [5.74, 6) is 0.670. The van der Waals surface area contributed by atoms with Crippen molar-refractivity contribution in [1.82, 2.24) is 35.1 Å². The van der Waals surface area contributed by atoms with Crippen LogP contribution in [0.15, 0.2) is 42.9 Å². The van der Waals surface area contributed by atoms with E-state index in [1.54, 1.807) is 7.11 Å².